The minimum absolute atomic E-state index is 0.00149. The highest BCUT2D eigenvalue weighted by Crippen LogP contribution is 2.23. The molecule has 1 heterocycles. The van der Waals surface area contributed by atoms with Gasteiger partial charge in [0.25, 0.3) is 0 Å². The molecule has 1 aromatic rings. The molecule has 0 radical (unpaired) electrons. The van der Waals surface area contributed by atoms with Gasteiger partial charge in [0.1, 0.15) is 0 Å². The van der Waals surface area contributed by atoms with E-state index in [2.05, 4.69) is 0 Å². The van der Waals surface area contributed by atoms with Crippen LogP contribution in [0, 0.1) is 11.6 Å². The van der Waals surface area contributed by atoms with Crippen LogP contribution in [0.4, 0.5) is 8.78 Å². The average Bonchev–Trinajstić information content (AvgIpc) is 3.03. The molecule has 0 N–H and O–H groups in total. The molecule has 7 heteroatoms. The Morgan fingerprint density at radius 2 is 1.92 bits per heavy atom. The molecule has 1 aliphatic rings. The van der Waals surface area contributed by atoms with Crippen molar-refractivity contribution in [2.45, 2.75) is 31.8 Å². The number of hydrogen-bond acceptors (Lipinski definition) is 3. The number of amides is 2. The third-order valence-electron chi connectivity index (χ3n) is 4.83. The van der Waals surface area contributed by atoms with Gasteiger partial charge in [-0.2, -0.15) is 0 Å². The molecule has 25 heavy (non-hydrogen) atoms. The van der Waals surface area contributed by atoms with Gasteiger partial charge in [-0.25, -0.2) is 8.78 Å². The van der Waals surface area contributed by atoms with Gasteiger partial charge in [-0.3, -0.25) is 14.5 Å². The highest BCUT2D eigenvalue weighted by molar-refractivity contribution is 5.83. The van der Waals surface area contributed by atoms with E-state index in [1.54, 1.807) is 33.0 Å². The van der Waals surface area contributed by atoms with Crippen LogP contribution in [0.3, 0.4) is 0 Å². The second-order valence-corrected chi connectivity index (χ2v) is 6.72. The summed E-state index contributed by atoms with van der Waals surface area (Å²) in [5, 5.41) is 0. The standard InChI is InChI=1S/C18H25F2N3O2/c1-12(13-7-8-14(19)15(20)10-13)22(4)17(24)11-23-9-5-6-16(23)18(25)21(2)3/h7-8,10,12,16H,5-6,9,11H2,1-4H3. The summed E-state index contributed by atoms with van der Waals surface area (Å²) in [7, 11) is 5.04. The van der Waals surface area contributed by atoms with Crippen LogP contribution in [0.5, 0.6) is 0 Å². The van der Waals surface area contributed by atoms with E-state index >= 15 is 0 Å². The first-order valence-electron chi connectivity index (χ1n) is 8.38. The summed E-state index contributed by atoms with van der Waals surface area (Å²) in [5.74, 6) is -1.99. The first-order chi connectivity index (χ1) is 11.7. The molecule has 5 nitrogen and oxygen atoms in total. The van der Waals surface area contributed by atoms with Crippen molar-refractivity contribution in [3.05, 3.63) is 35.4 Å². The van der Waals surface area contributed by atoms with Crippen LogP contribution in [0.15, 0.2) is 18.2 Å². The zero-order valence-electron chi connectivity index (χ0n) is 15.1. The lowest BCUT2D eigenvalue weighted by Crippen LogP contribution is -2.47. The summed E-state index contributed by atoms with van der Waals surface area (Å²) in [4.78, 5) is 29.7. The minimum atomic E-state index is -0.929. The average molecular weight is 353 g/mol. The van der Waals surface area contributed by atoms with Gasteiger partial charge in [0.05, 0.1) is 18.6 Å². The molecular formula is C18H25F2N3O2. The molecule has 138 valence electrons. The Morgan fingerprint density at radius 3 is 2.52 bits per heavy atom. The molecule has 0 saturated carbocycles. The fourth-order valence-electron chi connectivity index (χ4n) is 3.09. The van der Waals surface area contributed by atoms with Crippen LogP contribution in [0.1, 0.15) is 31.4 Å². The summed E-state index contributed by atoms with van der Waals surface area (Å²) in [5.41, 5.74) is 0.525. The van der Waals surface area contributed by atoms with Crippen molar-refractivity contribution < 1.29 is 18.4 Å². The fraction of sp³-hybridized carbons (Fsp3) is 0.556. The number of rotatable bonds is 5. The minimum Gasteiger partial charge on any atom is -0.347 e. The maximum atomic E-state index is 13.4. The molecule has 2 amide bonds. The lowest BCUT2D eigenvalue weighted by atomic mass is 10.1. The Morgan fingerprint density at radius 1 is 1.24 bits per heavy atom. The maximum Gasteiger partial charge on any atom is 0.239 e. The number of benzene rings is 1. The maximum absolute atomic E-state index is 13.4. The Bertz CT molecular complexity index is 651. The van der Waals surface area contributed by atoms with Gasteiger partial charge < -0.3 is 9.80 Å². The summed E-state index contributed by atoms with van der Waals surface area (Å²) in [6, 6.07) is 2.98. The molecule has 1 fully saturated rings. The Labute approximate surface area is 147 Å². The van der Waals surface area contributed by atoms with Gasteiger partial charge in [-0.1, -0.05) is 6.07 Å². The van der Waals surface area contributed by atoms with E-state index in [1.165, 1.54) is 11.0 Å². The molecule has 0 bridgehead atoms. The van der Waals surface area contributed by atoms with Crippen LogP contribution in [-0.4, -0.2) is 66.8 Å². The highest BCUT2D eigenvalue weighted by atomic mass is 19.2. The van der Waals surface area contributed by atoms with Crippen molar-refractivity contribution in [3.8, 4) is 0 Å². The van der Waals surface area contributed by atoms with Crippen molar-refractivity contribution in [2.75, 3.05) is 34.2 Å². The number of carbonyl (C=O) groups is 2. The molecule has 2 unspecified atom stereocenters. The molecule has 1 aromatic carbocycles. The summed E-state index contributed by atoms with van der Waals surface area (Å²) in [6.45, 7) is 2.59. The van der Waals surface area contributed by atoms with Crippen LogP contribution >= 0.6 is 0 Å². The van der Waals surface area contributed by atoms with E-state index in [0.717, 1.165) is 25.0 Å². The van der Waals surface area contributed by atoms with Gasteiger partial charge in [0.15, 0.2) is 11.6 Å². The van der Waals surface area contributed by atoms with E-state index in [1.807, 2.05) is 4.90 Å². The predicted octanol–water partition coefficient (Wildman–Crippen LogP) is 2.04. The lowest BCUT2D eigenvalue weighted by Gasteiger charge is -2.30. The van der Waals surface area contributed by atoms with Crippen LogP contribution < -0.4 is 0 Å². The molecule has 0 aromatic heterocycles. The highest BCUT2D eigenvalue weighted by Gasteiger charge is 2.33. The number of likely N-dealkylation sites (N-methyl/N-ethyl adjacent to an activating group) is 2. The van der Waals surface area contributed by atoms with E-state index in [4.69, 9.17) is 0 Å². The number of carbonyl (C=O) groups excluding carboxylic acids is 2. The number of halogens is 2. The molecule has 1 aliphatic heterocycles. The second-order valence-electron chi connectivity index (χ2n) is 6.72. The fourth-order valence-corrected chi connectivity index (χ4v) is 3.09. The van der Waals surface area contributed by atoms with Crippen LogP contribution in [0.25, 0.3) is 0 Å². The summed E-state index contributed by atoms with van der Waals surface area (Å²) >= 11 is 0. The molecule has 2 atom stereocenters. The quantitative estimate of drug-likeness (QED) is 0.814. The van der Waals surface area contributed by atoms with E-state index in [0.29, 0.717) is 12.1 Å². The molecule has 1 saturated heterocycles. The van der Waals surface area contributed by atoms with Crippen molar-refractivity contribution in [2.24, 2.45) is 0 Å². The SMILES string of the molecule is CC(c1ccc(F)c(F)c1)N(C)C(=O)CN1CCCC1C(=O)N(C)C. The summed E-state index contributed by atoms with van der Waals surface area (Å²) in [6.07, 6.45) is 1.62. The van der Waals surface area contributed by atoms with Crippen molar-refractivity contribution in [1.82, 2.24) is 14.7 Å². The smallest absolute Gasteiger partial charge is 0.239 e. The van der Waals surface area contributed by atoms with E-state index in [-0.39, 0.29) is 24.4 Å². The first kappa shape index (κ1) is 19.3. The summed E-state index contributed by atoms with van der Waals surface area (Å²) < 4.78 is 26.5. The Hall–Kier alpha value is -2.02. The third-order valence-corrected chi connectivity index (χ3v) is 4.83. The van der Waals surface area contributed by atoms with Crippen molar-refractivity contribution in [1.29, 1.82) is 0 Å². The first-order valence-corrected chi connectivity index (χ1v) is 8.38. The number of hydrogen-bond donors (Lipinski definition) is 0. The van der Waals surface area contributed by atoms with Gasteiger partial charge in [0, 0.05) is 21.1 Å². The second kappa shape index (κ2) is 7.91. The van der Waals surface area contributed by atoms with Crippen molar-refractivity contribution in [3.63, 3.8) is 0 Å². The molecule has 0 spiro atoms. The lowest BCUT2D eigenvalue weighted by molar-refractivity contribution is -0.137. The Balaban J connectivity index is 2.04. The predicted molar refractivity (Wildman–Crippen MR) is 90.8 cm³/mol. The topological polar surface area (TPSA) is 43.9 Å². The zero-order chi connectivity index (χ0) is 18.7. The monoisotopic (exact) mass is 353 g/mol. The molecule has 0 aliphatic carbocycles. The molecular weight excluding hydrogens is 328 g/mol. The largest absolute Gasteiger partial charge is 0.347 e. The van der Waals surface area contributed by atoms with Crippen molar-refractivity contribution >= 4 is 11.8 Å². The molecule has 2 rings (SSSR count). The van der Waals surface area contributed by atoms with Gasteiger partial charge in [0.2, 0.25) is 11.8 Å². The van der Waals surface area contributed by atoms with Crippen LogP contribution in [-0.2, 0) is 9.59 Å². The zero-order valence-corrected chi connectivity index (χ0v) is 15.1. The van der Waals surface area contributed by atoms with E-state index < -0.39 is 17.7 Å². The van der Waals surface area contributed by atoms with Gasteiger partial charge in [-0.15, -0.1) is 0 Å². The van der Waals surface area contributed by atoms with Gasteiger partial charge in [-0.05, 0) is 44.0 Å². The normalized spacial score (nSPS) is 18.9. The number of nitrogens with zero attached hydrogens (tertiary/aromatic N) is 3. The van der Waals surface area contributed by atoms with Crippen LogP contribution in [0.2, 0.25) is 0 Å². The van der Waals surface area contributed by atoms with Gasteiger partial charge >= 0.3 is 0 Å². The third kappa shape index (κ3) is 4.34. The van der Waals surface area contributed by atoms with E-state index in [9.17, 15) is 18.4 Å². The number of likely N-dealkylation sites (tertiary alicyclic amines) is 1. The Kier molecular flexibility index (Phi) is 6.11.